The number of nitrogens with two attached hydrogens (primary N) is 2. The fourth-order valence-corrected chi connectivity index (χ4v) is 5.10. The van der Waals surface area contributed by atoms with Crippen molar-refractivity contribution in [3.63, 3.8) is 0 Å². The molecular weight excluding hydrogens is 380 g/mol. The highest BCUT2D eigenvalue weighted by atomic mass is 32.2. The molecule has 0 atom stereocenters. The number of anilines is 2. The summed E-state index contributed by atoms with van der Waals surface area (Å²) in [6.45, 7) is 16.2. The normalized spacial score (nSPS) is 12.6. The summed E-state index contributed by atoms with van der Waals surface area (Å²) >= 11 is 0. The number of sulfone groups is 1. The van der Waals surface area contributed by atoms with Gasteiger partial charge in [0.05, 0.1) is 9.79 Å². The molecule has 160 valence electrons. The average Bonchev–Trinajstić information content (AvgIpc) is 2.60. The van der Waals surface area contributed by atoms with Crippen LogP contribution in [0, 0.1) is 0 Å². The van der Waals surface area contributed by atoms with Crippen LogP contribution in [0.4, 0.5) is 11.4 Å². The minimum atomic E-state index is -3.71. The topological polar surface area (TPSA) is 86.2 Å². The molecule has 0 fully saturated rings. The van der Waals surface area contributed by atoms with Gasteiger partial charge in [-0.15, -0.1) is 0 Å². The fraction of sp³-hybridized carbons (Fsp3) is 0.500. The van der Waals surface area contributed by atoms with Crippen LogP contribution in [0.5, 0.6) is 0 Å². The molecule has 0 aliphatic heterocycles. The third-order valence-electron chi connectivity index (χ3n) is 5.54. The predicted octanol–water partition coefficient (Wildman–Crippen LogP) is 6.18. The molecule has 0 unspecified atom stereocenters. The summed E-state index contributed by atoms with van der Waals surface area (Å²) in [5.41, 5.74) is 17.6. The molecule has 2 aromatic carbocycles. The summed E-state index contributed by atoms with van der Waals surface area (Å²) in [5.74, 6) is 0.524. The lowest BCUT2D eigenvalue weighted by Gasteiger charge is -2.21. The molecule has 0 bridgehead atoms. The van der Waals surface area contributed by atoms with E-state index in [-0.39, 0.29) is 23.7 Å². The maximum atomic E-state index is 13.7. The summed E-state index contributed by atoms with van der Waals surface area (Å²) in [5, 5.41) is 0. The third kappa shape index (κ3) is 4.45. The van der Waals surface area contributed by atoms with E-state index < -0.39 is 9.84 Å². The van der Waals surface area contributed by atoms with E-state index in [9.17, 15) is 8.42 Å². The van der Waals surface area contributed by atoms with Crippen LogP contribution in [-0.4, -0.2) is 8.42 Å². The van der Waals surface area contributed by atoms with Gasteiger partial charge in [-0.1, -0.05) is 55.4 Å². The van der Waals surface area contributed by atoms with Gasteiger partial charge in [-0.25, -0.2) is 8.42 Å². The third-order valence-corrected chi connectivity index (χ3v) is 7.26. The van der Waals surface area contributed by atoms with E-state index >= 15 is 0 Å². The van der Waals surface area contributed by atoms with Crippen LogP contribution in [0.3, 0.4) is 0 Å². The second kappa shape index (κ2) is 8.39. The first-order chi connectivity index (χ1) is 13.3. The zero-order chi connectivity index (χ0) is 22.3. The average molecular weight is 417 g/mol. The predicted molar refractivity (Wildman–Crippen MR) is 124 cm³/mol. The number of nitrogen functional groups attached to an aromatic ring is 2. The molecule has 0 spiro atoms. The van der Waals surface area contributed by atoms with Crippen molar-refractivity contribution in [1.82, 2.24) is 0 Å². The standard InChI is InChI=1S/C24H36N2O2S/c1-13(2)19-9-17(10-20(14(3)4)23(19)25)29(27,28)18-11-21(15(5)6)24(26)22(12-18)16(7)8/h9-16H,25-26H2,1-8H3. The van der Waals surface area contributed by atoms with Crippen molar-refractivity contribution >= 4 is 21.2 Å². The minimum absolute atomic E-state index is 0.131. The number of hydrogen-bond acceptors (Lipinski definition) is 4. The number of rotatable bonds is 6. The van der Waals surface area contributed by atoms with Gasteiger partial charge in [-0.05, 0) is 70.2 Å². The molecule has 0 saturated heterocycles. The van der Waals surface area contributed by atoms with Gasteiger partial charge < -0.3 is 11.5 Å². The van der Waals surface area contributed by atoms with Crippen molar-refractivity contribution in [2.75, 3.05) is 11.5 Å². The summed E-state index contributed by atoms with van der Waals surface area (Å²) in [4.78, 5) is 0.599. The zero-order valence-electron chi connectivity index (χ0n) is 19.0. The molecule has 0 amide bonds. The largest absolute Gasteiger partial charge is 0.398 e. The van der Waals surface area contributed by atoms with Gasteiger partial charge in [0.25, 0.3) is 0 Å². The van der Waals surface area contributed by atoms with E-state index in [1.54, 1.807) is 24.3 Å². The van der Waals surface area contributed by atoms with E-state index in [1.807, 2.05) is 55.4 Å². The van der Waals surface area contributed by atoms with Crippen molar-refractivity contribution in [3.05, 3.63) is 46.5 Å². The Hall–Kier alpha value is -2.01. The molecule has 0 aromatic heterocycles. The molecule has 0 radical (unpaired) electrons. The van der Waals surface area contributed by atoms with Crippen LogP contribution < -0.4 is 11.5 Å². The lowest BCUT2D eigenvalue weighted by molar-refractivity contribution is 0.595. The van der Waals surface area contributed by atoms with E-state index in [0.29, 0.717) is 21.2 Å². The first-order valence-electron chi connectivity index (χ1n) is 10.4. The van der Waals surface area contributed by atoms with Gasteiger partial charge in [0.2, 0.25) is 9.84 Å². The van der Waals surface area contributed by atoms with Crippen molar-refractivity contribution < 1.29 is 8.42 Å². The molecule has 0 saturated carbocycles. The van der Waals surface area contributed by atoms with E-state index in [1.165, 1.54) is 0 Å². The van der Waals surface area contributed by atoms with E-state index in [0.717, 1.165) is 22.3 Å². The second-order valence-corrected chi connectivity index (χ2v) is 11.1. The Bertz CT molecular complexity index is 870. The monoisotopic (exact) mass is 416 g/mol. The molecule has 5 heteroatoms. The molecule has 0 aliphatic carbocycles. The van der Waals surface area contributed by atoms with Crippen molar-refractivity contribution in [2.45, 2.75) is 88.9 Å². The molecular formula is C24H36N2O2S. The zero-order valence-corrected chi connectivity index (χ0v) is 19.8. The summed E-state index contributed by atoms with van der Waals surface area (Å²) in [6.07, 6.45) is 0. The minimum Gasteiger partial charge on any atom is -0.398 e. The van der Waals surface area contributed by atoms with Crippen LogP contribution >= 0.6 is 0 Å². The lowest BCUT2D eigenvalue weighted by Crippen LogP contribution is -2.11. The molecule has 2 aromatic rings. The van der Waals surface area contributed by atoms with Crippen LogP contribution in [0.15, 0.2) is 34.1 Å². The highest BCUT2D eigenvalue weighted by Gasteiger charge is 2.25. The van der Waals surface area contributed by atoms with Crippen molar-refractivity contribution in [3.8, 4) is 0 Å². The summed E-state index contributed by atoms with van der Waals surface area (Å²) in [7, 11) is -3.71. The smallest absolute Gasteiger partial charge is 0.206 e. The maximum absolute atomic E-state index is 13.7. The second-order valence-electron chi connectivity index (χ2n) is 9.15. The van der Waals surface area contributed by atoms with Crippen LogP contribution in [-0.2, 0) is 9.84 Å². The number of hydrogen-bond donors (Lipinski definition) is 2. The first kappa shape index (κ1) is 23.3. The highest BCUT2D eigenvalue weighted by Crippen LogP contribution is 2.38. The van der Waals surface area contributed by atoms with Gasteiger partial charge in [-0.3, -0.25) is 0 Å². The van der Waals surface area contributed by atoms with Crippen molar-refractivity contribution in [2.24, 2.45) is 0 Å². The highest BCUT2D eigenvalue weighted by molar-refractivity contribution is 7.91. The van der Waals surface area contributed by atoms with Crippen LogP contribution in [0.1, 0.15) is 101 Å². The quantitative estimate of drug-likeness (QED) is 0.551. The molecule has 2 rings (SSSR count). The first-order valence-corrected chi connectivity index (χ1v) is 11.9. The van der Waals surface area contributed by atoms with Crippen LogP contribution in [0.25, 0.3) is 0 Å². The SMILES string of the molecule is CC(C)c1cc(S(=O)(=O)c2cc(C(C)C)c(N)c(C(C)C)c2)cc(C(C)C)c1N. The van der Waals surface area contributed by atoms with Crippen LogP contribution in [0.2, 0.25) is 0 Å². The Morgan fingerprint density at radius 3 is 0.931 bits per heavy atom. The lowest BCUT2D eigenvalue weighted by atomic mass is 9.93. The Morgan fingerprint density at radius 1 is 0.552 bits per heavy atom. The summed E-state index contributed by atoms with van der Waals surface area (Å²) < 4.78 is 27.3. The Morgan fingerprint density at radius 2 is 0.759 bits per heavy atom. The van der Waals surface area contributed by atoms with Crippen molar-refractivity contribution in [1.29, 1.82) is 0 Å². The summed E-state index contributed by atoms with van der Waals surface area (Å²) in [6, 6.07) is 6.95. The number of benzene rings is 2. The van der Waals surface area contributed by atoms with Gasteiger partial charge in [-0.2, -0.15) is 0 Å². The van der Waals surface area contributed by atoms with Gasteiger partial charge in [0, 0.05) is 11.4 Å². The van der Waals surface area contributed by atoms with E-state index in [4.69, 9.17) is 11.5 Å². The van der Waals surface area contributed by atoms with E-state index in [2.05, 4.69) is 0 Å². The molecule has 4 N–H and O–H groups in total. The molecule has 4 nitrogen and oxygen atoms in total. The molecule has 0 heterocycles. The maximum Gasteiger partial charge on any atom is 0.206 e. The fourth-order valence-electron chi connectivity index (χ4n) is 3.70. The Kier molecular flexibility index (Phi) is 6.73. The van der Waals surface area contributed by atoms with Gasteiger partial charge >= 0.3 is 0 Å². The van der Waals surface area contributed by atoms with Gasteiger partial charge in [0.15, 0.2) is 0 Å². The Balaban J connectivity index is 2.83. The Labute approximate surface area is 176 Å². The van der Waals surface area contributed by atoms with Gasteiger partial charge in [0.1, 0.15) is 0 Å². The molecule has 29 heavy (non-hydrogen) atoms. The molecule has 0 aliphatic rings.